The Labute approximate surface area is 106 Å². The summed E-state index contributed by atoms with van der Waals surface area (Å²) in [5.41, 5.74) is -0.0527. The van der Waals surface area contributed by atoms with Crippen LogP contribution in [0.3, 0.4) is 0 Å². The summed E-state index contributed by atoms with van der Waals surface area (Å²) in [5, 5.41) is 10.7. The molecule has 7 heteroatoms. The minimum atomic E-state index is -0.477. The number of thiazole rings is 1. The lowest BCUT2D eigenvalue weighted by Crippen LogP contribution is -1.97. The van der Waals surface area contributed by atoms with Gasteiger partial charge in [0.1, 0.15) is 6.61 Å². The molecule has 0 saturated heterocycles. The predicted octanol–water partition coefficient (Wildman–Crippen LogP) is 3.28. The largest absolute Gasteiger partial charge is 0.481 e. The molecule has 0 bridgehead atoms. The van der Waals surface area contributed by atoms with Crippen LogP contribution in [0.5, 0.6) is 5.75 Å². The van der Waals surface area contributed by atoms with Gasteiger partial charge in [0.25, 0.3) is 0 Å². The van der Waals surface area contributed by atoms with Gasteiger partial charge in [-0.1, -0.05) is 23.7 Å². The average molecular weight is 271 g/mol. The van der Waals surface area contributed by atoms with Crippen LogP contribution in [0.2, 0.25) is 4.47 Å². The quantitative estimate of drug-likeness (QED) is 0.632. The first-order chi connectivity index (χ1) is 8.16. The number of rotatable bonds is 4. The Balaban J connectivity index is 2.11. The Morgan fingerprint density at radius 1 is 1.47 bits per heavy atom. The van der Waals surface area contributed by atoms with Crippen LogP contribution in [0.1, 0.15) is 4.88 Å². The highest BCUT2D eigenvalue weighted by Gasteiger charge is 2.13. The molecule has 17 heavy (non-hydrogen) atoms. The molecule has 0 saturated carbocycles. The summed E-state index contributed by atoms with van der Waals surface area (Å²) in [7, 11) is 0. The van der Waals surface area contributed by atoms with Gasteiger partial charge in [-0.2, -0.15) is 0 Å². The van der Waals surface area contributed by atoms with Gasteiger partial charge in [-0.25, -0.2) is 4.98 Å². The number of halogens is 1. The van der Waals surface area contributed by atoms with E-state index in [1.54, 1.807) is 24.4 Å². The second-order valence-electron chi connectivity index (χ2n) is 3.09. The molecular formula is C10H7ClN2O3S. The van der Waals surface area contributed by atoms with Gasteiger partial charge in [-0.3, -0.25) is 10.1 Å². The van der Waals surface area contributed by atoms with Gasteiger partial charge >= 0.3 is 5.69 Å². The minimum Gasteiger partial charge on any atom is -0.481 e. The van der Waals surface area contributed by atoms with Crippen molar-refractivity contribution in [2.75, 3.05) is 0 Å². The first-order valence-electron chi connectivity index (χ1n) is 4.63. The Hall–Kier alpha value is -1.66. The molecule has 0 aliphatic heterocycles. The molecule has 0 N–H and O–H groups in total. The molecule has 1 aromatic carbocycles. The van der Waals surface area contributed by atoms with Gasteiger partial charge in [-0.15, -0.1) is 11.3 Å². The summed E-state index contributed by atoms with van der Waals surface area (Å²) < 4.78 is 5.79. The summed E-state index contributed by atoms with van der Waals surface area (Å²) in [6.45, 7) is 0.217. The maximum absolute atomic E-state index is 10.7. The van der Waals surface area contributed by atoms with Crippen molar-refractivity contribution >= 4 is 28.6 Å². The monoisotopic (exact) mass is 270 g/mol. The van der Waals surface area contributed by atoms with Gasteiger partial charge < -0.3 is 4.74 Å². The molecule has 0 atom stereocenters. The topological polar surface area (TPSA) is 65.3 Å². The normalized spacial score (nSPS) is 10.2. The summed E-state index contributed by atoms with van der Waals surface area (Å²) in [6, 6.07) is 6.23. The summed E-state index contributed by atoms with van der Waals surface area (Å²) in [5.74, 6) is 0.238. The molecule has 88 valence electrons. The lowest BCUT2D eigenvalue weighted by molar-refractivity contribution is -0.385. The van der Waals surface area contributed by atoms with Gasteiger partial charge in [0.05, 0.1) is 9.80 Å². The molecule has 1 heterocycles. The van der Waals surface area contributed by atoms with E-state index in [9.17, 15) is 10.1 Å². The molecule has 1 aromatic heterocycles. The van der Waals surface area contributed by atoms with Crippen molar-refractivity contribution in [3.05, 3.63) is 49.9 Å². The minimum absolute atomic E-state index is 0.0527. The molecule has 0 amide bonds. The van der Waals surface area contributed by atoms with E-state index in [0.29, 0.717) is 4.47 Å². The van der Waals surface area contributed by atoms with Gasteiger partial charge in [0.15, 0.2) is 10.2 Å². The van der Waals surface area contributed by atoms with Crippen molar-refractivity contribution in [1.29, 1.82) is 0 Å². The predicted molar refractivity (Wildman–Crippen MR) is 64.6 cm³/mol. The van der Waals surface area contributed by atoms with E-state index in [0.717, 1.165) is 4.88 Å². The second kappa shape index (κ2) is 5.11. The lowest BCUT2D eigenvalue weighted by atomic mass is 10.3. The van der Waals surface area contributed by atoms with Crippen molar-refractivity contribution in [2.24, 2.45) is 0 Å². The molecule has 0 aliphatic rings. The third-order valence-corrected chi connectivity index (χ3v) is 3.05. The SMILES string of the molecule is O=[N+]([O-])c1ccccc1OCc1cnc(Cl)s1. The Kier molecular flexibility index (Phi) is 3.55. The highest BCUT2D eigenvalue weighted by atomic mass is 35.5. The molecule has 0 radical (unpaired) electrons. The van der Waals surface area contributed by atoms with Crippen LogP contribution in [0.4, 0.5) is 5.69 Å². The summed E-state index contributed by atoms with van der Waals surface area (Å²) in [6.07, 6.45) is 1.59. The van der Waals surface area contributed by atoms with Crippen LogP contribution in [-0.2, 0) is 6.61 Å². The smallest absolute Gasteiger partial charge is 0.310 e. The molecule has 0 aliphatic carbocycles. The van der Waals surface area contributed by atoms with Gasteiger partial charge in [0.2, 0.25) is 0 Å². The van der Waals surface area contributed by atoms with E-state index in [4.69, 9.17) is 16.3 Å². The second-order valence-corrected chi connectivity index (χ2v) is 4.79. The van der Waals surface area contributed by atoms with Gasteiger partial charge in [0, 0.05) is 12.3 Å². The highest BCUT2D eigenvalue weighted by Crippen LogP contribution is 2.27. The third-order valence-electron chi connectivity index (χ3n) is 1.96. The van der Waals surface area contributed by atoms with Crippen molar-refractivity contribution in [3.8, 4) is 5.75 Å². The van der Waals surface area contributed by atoms with E-state index in [2.05, 4.69) is 4.98 Å². The third kappa shape index (κ3) is 2.92. The Bertz CT molecular complexity index is 544. The van der Waals surface area contributed by atoms with Crippen molar-refractivity contribution in [1.82, 2.24) is 4.98 Å². The fraction of sp³-hybridized carbons (Fsp3) is 0.100. The van der Waals surface area contributed by atoms with Crippen molar-refractivity contribution in [3.63, 3.8) is 0 Å². The average Bonchev–Trinajstić information content (AvgIpc) is 2.73. The maximum atomic E-state index is 10.7. The fourth-order valence-electron chi connectivity index (χ4n) is 1.23. The van der Waals surface area contributed by atoms with Crippen LogP contribution in [0, 0.1) is 10.1 Å². The highest BCUT2D eigenvalue weighted by molar-refractivity contribution is 7.15. The molecule has 0 spiro atoms. The summed E-state index contributed by atoms with van der Waals surface area (Å²) >= 11 is 6.95. The zero-order chi connectivity index (χ0) is 12.3. The standard InChI is InChI=1S/C10H7ClN2O3S/c11-10-12-5-7(17-10)6-16-9-4-2-1-3-8(9)13(14)15/h1-5H,6H2. The van der Waals surface area contributed by atoms with Crippen molar-refractivity contribution < 1.29 is 9.66 Å². The molecule has 2 aromatic rings. The van der Waals surface area contributed by atoms with Crippen LogP contribution in [0.15, 0.2) is 30.5 Å². The van der Waals surface area contributed by atoms with Crippen LogP contribution in [-0.4, -0.2) is 9.91 Å². The number of para-hydroxylation sites is 2. The summed E-state index contributed by atoms with van der Waals surface area (Å²) in [4.78, 5) is 14.9. The van der Waals surface area contributed by atoms with Crippen LogP contribution in [0.25, 0.3) is 0 Å². The van der Waals surface area contributed by atoms with E-state index in [1.807, 2.05) is 0 Å². The first kappa shape index (κ1) is 11.8. The molecule has 2 rings (SSSR count). The molecule has 5 nitrogen and oxygen atoms in total. The Morgan fingerprint density at radius 2 is 2.24 bits per heavy atom. The number of nitro groups is 1. The Morgan fingerprint density at radius 3 is 2.88 bits per heavy atom. The number of hydrogen-bond acceptors (Lipinski definition) is 5. The molecular weight excluding hydrogens is 264 g/mol. The van der Waals surface area contributed by atoms with E-state index >= 15 is 0 Å². The van der Waals surface area contributed by atoms with Crippen LogP contribution >= 0.6 is 22.9 Å². The zero-order valence-electron chi connectivity index (χ0n) is 8.50. The number of nitro benzene ring substituents is 1. The zero-order valence-corrected chi connectivity index (χ0v) is 10.1. The van der Waals surface area contributed by atoms with E-state index in [-0.39, 0.29) is 18.0 Å². The molecule has 0 fully saturated rings. The number of benzene rings is 1. The molecule has 0 unspecified atom stereocenters. The fourth-order valence-corrected chi connectivity index (χ4v) is 2.12. The number of hydrogen-bond donors (Lipinski definition) is 0. The van der Waals surface area contributed by atoms with Crippen molar-refractivity contribution in [2.45, 2.75) is 6.61 Å². The lowest BCUT2D eigenvalue weighted by Gasteiger charge is -2.04. The number of aromatic nitrogens is 1. The van der Waals surface area contributed by atoms with E-state index in [1.165, 1.54) is 17.4 Å². The first-order valence-corrected chi connectivity index (χ1v) is 5.82. The maximum Gasteiger partial charge on any atom is 0.310 e. The number of nitrogens with zero attached hydrogens (tertiary/aromatic N) is 2. The van der Waals surface area contributed by atoms with Crippen LogP contribution < -0.4 is 4.74 Å². The number of ether oxygens (including phenoxy) is 1. The van der Waals surface area contributed by atoms with Gasteiger partial charge in [-0.05, 0) is 6.07 Å². The van der Waals surface area contributed by atoms with E-state index < -0.39 is 4.92 Å².